The summed E-state index contributed by atoms with van der Waals surface area (Å²) in [6, 6.07) is 14.0. The van der Waals surface area contributed by atoms with Crippen molar-refractivity contribution in [2.45, 2.75) is 32.1 Å². The van der Waals surface area contributed by atoms with Crippen LogP contribution in [0, 0.1) is 0 Å². The first-order valence-corrected chi connectivity index (χ1v) is 8.66. The van der Waals surface area contributed by atoms with E-state index in [1.54, 1.807) is 7.11 Å². The van der Waals surface area contributed by atoms with Crippen LogP contribution in [0.3, 0.4) is 0 Å². The van der Waals surface area contributed by atoms with E-state index in [0.717, 1.165) is 42.0 Å². The molecule has 2 aromatic rings. The van der Waals surface area contributed by atoms with Gasteiger partial charge in [0.25, 0.3) is 0 Å². The smallest absolute Gasteiger partial charge is 0.322 e. The molecule has 4 rings (SSSR count). The van der Waals surface area contributed by atoms with Gasteiger partial charge in [-0.2, -0.15) is 0 Å². The fourth-order valence-electron chi connectivity index (χ4n) is 3.65. The van der Waals surface area contributed by atoms with E-state index in [2.05, 4.69) is 11.4 Å². The minimum absolute atomic E-state index is 0.0517. The summed E-state index contributed by atoms with van der Waals surface area (Å²) in [5.41, 5.74) is 4.30. The third kappa shape index (κ3) is 3.20. The molecule has 0 radical (unpaired) electrons. The van der Waals surface area contributed by atoms with Crippen molar-refractivity contribution < 1.29 is 14.3 Å². The third-order valence-electron chi connectivity index (χ3n) is 4.96. The number of ether oxygens (including phenoxy) is 2. The Morgan fingerprint density at radius 1 is 1.20 bits per heavy atom. The zero-order valence-electron chi connectivity index (χ0n) is 14.3. The fraction of sp³-hybridized carbons (Fsp3) is 0.350. The van der Waals surface area contributed by atoms with Gasteiger partial charge in [0.1, 0.15) is 5.75 Å². The summed E-state index contributed by atoms with van der Waals surface area (Å²) in [6.45, 7) is 2.05. The van der Waals surface area contributed by atoms with Crippen molar-refractivity contribution in [3.63, 3.8) is 0 Å². The summed E-state index contributed by atoms with van der Waals surface area (Å²) in [4.78, 5) is 14.7. The summed E-state index contributed by atoms with van der Waals surface area (Å²) >= 11 is 0. The van der Waals surface area contributed by atoms with Gasteiger partial charge in [-0.15, -0.1) is 0 Å². The summed E-state index contributed by atoms with van der Waals surface area (Å²) in [5.74, 6) is 0.823. The SMILES string of the molecule is COc1cccc(C2CCCN2C(=O)Nc2ccc3c(c2)COC3)c1. The second-order valence-electron chi connectivity index (χ2n) is 6.53. The molecule has 5 nitrogen and oxygen atoms in total. The Bertz CT molecular complexity index is 790. The van der Waals surface area contributed by atoms with E-state index >= 15 is 0 Å². The van der Waals surface area contributed by atoms with Gasteiger partial charge in [0.15, 0.2) is 0 Å². The summed E-state index contributed by atoms with van der Waals surface area (Å²) in [5, 5.41) is 3.04. The normalized spacial score (nSPS) is 18.9. The highest BCUT2D eigenvalue weighted by molar-refractivity contribution is 5.90. The summed E-state index contributed by atoms with van der Waals surface area (Å²) in [7, 11) is 1.66. The molecule has 1 unspecified atom stereocenters. The predicted octanol–water partition coefficient (Wildman–Crippen LogP) is 4.09. The van der Waals surface area contributed by atoms with E-state index in [-0.39, 0.29) is 12.1 Å². The molecule has 0 spiro atoms. The molecule has 25 heavy (non-hydrogen) atoms. The average Bonchev–Trinajstić information content (AvgIpc) is 3.30. The van der Waals surface area contributed by atoms with Gasteiger partial charge >= 0.3 is 6.03 Å². The van der Waals surface area contributed by atoms with E-state index in [4.69, 9.17) is 9.47 Å². The van der Waals surface area contributed by atoms with Crippen LogP contribution in [0.15, 0.2) is 42.5 Å². The number of carbonyl (C=O) groups excluding carboxylic acids is 1. The number of hydrogen-bond acceptors (Lipinski definition) is 3. The van der Waals surface area contributed by atoms with Crippen molar-refractivity contribution in [3.05, 3.63) is 59.2 Å². The summed E-state index contributed by atoms with van der Waals surface area (Å²) < 4.78 is 10.8. The second kappa shape index (κ2) is 6.76. The first kappa shape index (κ1) is 16.0. The van der Waals surface area contributed by atoms with Crippen LogP contribution in [0.4, 0.5) is 10.5 Å². The van der Waals surface area contributed by atoms with Gasteiger partial charge in [0.2, 0.25) is 0 Å². The lowest BCUT2D eigenvalue weighted by Crippen LogP contribution is -2.34. The number of likely N-dealkylation sites (tertiary alicyclic amines) is 1. The van der Waals surface area contributed by atoms with Crippen LogP contribution in [0.25, 0.3) is 0 Å². The monoisotopic (exact) mass is 338 g/mol. The van der Waals surface area contributed by atoms with E-state index in [0.29, 0.717) is 13.2 Å². The number of nitrogens with one attached hydrogen (secondary N) is 1. The Hall–Kier alpha value is -2.53. The molecule has 2 heterocycles. The van der Waals surface area contributed by atoms with Crippen LogP contribution in [-0.4, -0.2) is 24.6 Å². The van der Waals surface area contributed by atoms with Crippen molar-refractivity contribution in [2.75, 3.05) is 19.0 Å². The lowest BCUT2D eigenvalue weighted by molar-refractivity contribution is 0.134. The Balaban J connectivity index is 1.50. The number of carbonyl (C=O) groups is 1. The number of fused-ring (bicyclic) bond motifs is 1. The third-order valence-corrected chi connectivity index (χ3v) is 4.96. The quantitative estimate of drug-likeness (QED) is 0.917. The molecule has 1 atom stereocenters. The van der Waals surface area contributed by atoms with E-state index < -0.39 is 0 Å². The maximum atomic E-state index is 12.8. The number of methoxy groups -OCH3 is 1. The molecule has 1 N–H and O–H groups in total. The Morgan fingerprint density at radius 2 is 2.08 bits per heavy atom. The van der Waals surface area contributed by atoms with Crippen molar-refractivity contribution in [2.24, 2.45) is 0 Å². The standard InChI is InChI=1S/C20H22N2O3/c1-24-18-5-2-4-14(11-18)19-6-3-9-22(19)20(23)21-17-8-7-15-12-25-13-16(15)10-17/h2,4-5,7-8,10-11,19H,3,6,9,12-13H2,1H3,(H,21,23). The maximum Gasteiger partial charge on any atom is 0.322 e. The van der Waals surface area contributed by atoms with E-state index in [9.17, 15) is 4.79 Å². The number of rotatable bonds is 3. The minimum Gasteiger partial charge on any atom is -0.497 e. The number of hydrogen-bond donors (Lipinski definition) is 1. The van der Waals surface area contributed by atoms with Crippen molar-refractivity contribution in [1.29, 1.82) is 0 Å². The number of urea groups is 1. The highest BCUT2D eigenvalue weighted by Gasteiger charge is 2.30. The van der Waals surface area contributed by atoms with Crippen molar-refractivity contribution >= 4 is 11.7 Å². The van der Waals surface area contributed by atoms with Gasteiger partial charge in [-0.3, -0.25) is 0 Å². The van der Waals surface area contributed by atoms with Gasteiger partial charge in [0, 0.05) is 12.2 Å². The first-order chi connectivity index (χ1) is 12.2. The Labute approximate surface area is 147 Å². The largest absolute Gasteiger partial charge is 0.497 e. The molecular formula is C20H22N2O3. The van der Waals surface area contributed by atoms with Crippen LogP contribution < -0.4 is 10.1 Å². The zero-order valence-corrected chi connectivity index (χ0v) is 14.3. The number of amides is 2. The molecule has 0 saturated carbocycles. The predicted molar refractivity (Wildman–Crippen MR) is 95.6 cm³/mol. The lowest BCUT2D eigenvalue weighted by atomic mass is 10.0. The Morgan fingerprint density at radius 3 is 2.96 bits per heavy atom. The van der Waals surface area contributed by atoms with Gasteiger partial charge < -0.3 is 19.7 Å². The number of benzene rings is 2. The van der Waals surface area contributed by atoms with Gasteiger partial charge in [-0.05, 0) is 53.8 Å². The van der Waals surface area contributed by atoms with Gasteiger partial charge in [-0.25, -0.2) is 4.79 Å². The number of anilines is 1. The lowest BCUT2D eigenvalue weighted by Gasteiger charge is -2.25. The molecule has 5 heteroatoms. The molecule has 0 aromatic heterocycles. The Kier molecular flexibility index (Phi) is 4.32. The zero-order chi connectivity index (χ0) is 17.2. The molecular weight excluding hydrogens is 316 g/mol. The van der Waals surface area contributed by atoms with Crippen molar-refractivity contribution in [1.82, 2.24) is 4.90 Å². The summed E-state index contributed by atoms with van der Waals surface area (Å²) in [6.07, 6.45) is 1.98. The molecule has 2 amide bonds. The second-order valence-corrected chi connectivity index (χ2v) is 6.53. The maximum absolute atomic E-state index is 12.8. The van der Waals surface area contributed by atoms with Gasteiger partial charge in [0.05, 0.1) is 26.4 Å². The molecule has 130 valence electrons. The number of nitrogens with zero attached hydrogens (tertiary/aromatic N) is 1. The minimum atomic E-state index is -0.0517. The molecule has 2 aromatic carbocycles. The molecule has 0 aliphatic carbocycles. The first-order valence-electron chi connectivity index (χ1n) is 8.66. The molecule has 0 bridgehead atoms. The fourth-order valence-corrected chi connectivity index (χ4v) is 3.65. The van der Waals surface area contributed by atoms with Crippen LogP contribution in [-0.2, 0) is 18.0 Å². The molecule has 2 aliphatic heterocycles. The molecule has 2 aliphatic rings. The topological polar surface area (TPSA) is 50.8 Å². The van der Waals surface area contributed by atoms with E-state index in [1.165, 1.54) is 5.56 Å². The van der Waals surface area contributed by atoms with Gasteiger partial charge in [-0.1, -0.05) is 18.2 Å². The van der Waals surface area contributed by atoms with Crippen LogP contribution in [0.1, 0.15) is 35.6 Å². The van der Waals surface area contributed by atoms with E-state index in [1.807, 2.05) is 41.3 Å². The molecule has 1 saturated heterocycles. The highest BCUT2D eigenvalue weighted by atomic mass is 16.5. The van der Waals surface area contributed by atoms with Crippen LogP contribution in [0.2, 0.25) is 0 Å². The average molecular weight is 338 g/mol. The van der Waals surface area contributed by atoms with Crippen molar-refractivity contribution in [3.8, 4) is 5.75 Å². The molecule has 1 fully saturated rings. The van der Waals surface area contributed by atoms with Crippen LogP contribution in [0.5, 0.6) is 5.75 Å². The van der Waals surface area contributed by atoms with Crippen LogP contribution >= 0.6 is 0 Å². The highest BCUT2D eigenvalue weighted by Crippen LogP contribution is 2.34.